The molecular formula is C35H34N4O4. The van der Waals surface area contributed by atoms with Gasteiger partial charge >= 0.3 is 0 Å². The molecule has 1 heterocycles. The normalized spacial score (nSPS) is 11.7. The summed E-state index contributed by atoms with van der Waals surface area (Å²) < 4.78 is 19.2. The highest BCUT2D eigenvalue weighted by Crippen LogP contribution is 2.25. The third-order valence-electron chi connectivity index (χ3n) is 6.50. The summed E-state index contributed by atoms with van der Waals surface area (Å²) in [6.07, 6.45) is 3.64. The molecule has 0 unspecified atom stereocenters. The van der Waals surface area contributed by atoms with Crippen LogP contribution in [-0.4, -0.2) is 34.6 Å². The number of hydrazone groups is 1. The summed E-state index contributed by atoms with van der Waals surface area (Å²) in [6.45, 7) is 4.88. The largest absolute Gasteiger partial charge is 0.494 e. The number of benzene rings is 4. The maximum atomic E-state index is 12.8. The molecule has 0 saturated carbocycles. The van der Waals surface area contributed by atoms with Crippen molar-refractivity contribution in [2.75, 3.05) is 6.61 Å². The van der Waals surface area contributed by atoms with Gasteiger partial charge in [-0.3, -0.25) is 4.79 Å². The monoisotopic (exact) mass is 574 g/mol. The van der Waals surface area contributed by atoms with E-state index in [2.05, 4.69) is 17.5 Å². The molecule has 0 fully saturated rings. The van der Waals surface area contributed by atoms with E-state index in [0.29, 0.717) is 24.7 Å². The zero-order valence-corrected chi connectivity index (χ0v) is 24.2. The van der Waals surface area contributed by atoms with Gasteiger partial charge in [0.25, 0.3) is 5.91 Å². The molecule has 0 spiro atoms. The molecule has 8 heteroatoms. The van der Waals surface area contributed by atoms with Crippen LogP contribution >= 0.6 is 0 Å². The van der Waals surface area contributed by atoms with Crippen molar-refractivity contribution in [1.29, 1.82) is 0 Å². The van der Waals surface area contributed by atoms with Crippen LogP contribution in [0.1, 0.15) is 31.4 Å². The smallest absolute Gasteiger partial charge is 0.280 e. The van der Waals surface area contributed by atoms with E-state index in [4.69, 9.17) is 19.3 Å². The van der Waals surface area contributed by atoms with Crippen LogP contribution in [0.3, 0.4) is 0 Å². The summed E-state index contributed by atoms with van der Waals surface area (Å²) in [4.78, 5) is 12.8. The number of hydrogen-bond donors (Lipinski definition) is 1. The first-order valence-corrected chi connectivity index (χ1v) is 14.2. The van der Waals surface area contributed by atoms with Gasteiger partial charge in [0.1, 0.15) is 29.5 Å². The average Bonchev–Trinajstić information content (AvgIpc) is 3.48. The van der Waals surface area contributed by atoms with Crippen molar-refractivity contribution >= 4 is 12.1 Å². The zero-order valence-electron chi connectivity index (χ0n) is 24.2. The molecule has 0 saturated heterocycles. The van der Waals surface area contributed by atoms with Crippen LogP contribution in [0.25, 0.3) is 16.9 Å². The van der Waals surface area contributed by atoms with E-state index < -0.39 is 6.10 Å². The fourth-order valence-corrected chi connectivity index (χ4v) is 4.22. The highest BCUT2D eigenvalue weighted by molar-refractivity contribution is 5.90. The molecule has 1 amide bonds. The van der Waals surface area contributed by atoms with Crippen molar-refractivity contribution in [3.63, 3.8) is 0 Å². The molecule has 4 aromatic carbocycles. The first kappa shape index (κ1) is 29.1. The summed E-state index contributed by atoms with van der Waals surface area (Å²) >= 11 is 0. The van der Waals surface area contributed by atoms with Gasteiger partial charge in [-0.25, -0.2) is 10.1 Å². The lowest BCUT2D eigenvalue weighted by Gasteiger charge is -2.13. The van der Waals surface area contributed by atoms with Crippen molar-refractivity contribution in [2.24, 2.45) is 5.10 Å². The summed E-state index contributed by atoms with van der Waals surface area (Å²) in [6, 6.07) is 34.7. The lowest BCUT2D eigenvalue weighted by molar-refractivity contribution is -0.127. The van der Waals surface area contributed by atoms with E-state index in [1.54, 1.807) is 30.0 Å². The van der Waals surface area contributed by atoms with Crippen LogP contribution in [-0.2, 0) is 11.4 Å². The SMILES string of the molecule is CCCOc1ccc(-c2nn(-c3ccccc3)cc2/C=N\NC(=O)[C@H](C)Oc2ccc(OCc3ccccc3)cc2)cc1. The Balaban J connectivity index is 1.22. The summed E-state index contributed by atoms with van der Waals surface area (Å²) in [5.41, 5.74) is 6.95. The fraction of sp³-hybridized carbons (Fsp3) is 0.171. The molecule has 0 radical (unpaired) electrons. The quantitative estimate of drug-likeness (QED) is 0.123. The average molecular weight is 575 g/mol. The second-order valence-electron chi connectivity index (χ2n) is 9.83. The van der Waals surface area contributed by atoms with Crippen molar-refractivity contribution < 1.29 is 19.0 Å². The molecule has 0 bridgehead atoms. The second kappa shape index (κ2) is 14.5. The minimum atomic E-state index is -0.768. The van der Waals surface area contributed by atoms with Gasteiger partial charge in [-0.1, -0.05) is 55.5 Å². The first-order valence-electron chi connectivity index (χ1n) is 14.2. The van der Waals surface area contributed by atoms with Gasteiger partial charge < -0.3 is 14.2 Å². The summed E-state index contributed by atoms with van der Waals surface area (Å²) in [5.74, 6) is 1.69. The molecule has 0 aliphatic rings. The molecular weight excluding hydrogens is 540 g/mol. The van der Waals surface area contributed by atoms with Gasteiger partial charge in [-0.05, 0) is 79.6 Å². The van der Waals surface area contributed by atoms with Crippen molar-refractivity contribution in [1.82, 2.24) is 15.2 Å². The van der Waals surface area contributed by atoms with Crippen LogP contribution in [0.2, 0.25) is 0 Å². The Hall–Kier alpha value is -5.37. The van der Waals surface area contributed by atoms with Crippen LogP contribution in [0.15, 0.2) is 120 Å². The van der Waals surface area contributed by atoms with Gasteiger partial charge in [-0.15, -0.1) is 0 Å². The molecule has 0 aliphatic heterocycles. The number of carbonyl (C=O) groups excluding carboxylic acids is 1. The van der Waals surface area contributed by atoms with Crippen molar-refractivity contribution in [2.45, 2.75) is 33.0 Å². The molecule has 1 aromatic heterocycles. The molecule has 1 N–H and O–H groups in total. The number of nitrogens with zero attached hydrogens (tertiary/aromatic N) is 3. The van der Waals surface area contributed by atoms with Crippen LogP contribution in [0.5, 0.6) is 17.2 Å². The molecule has 5 rings (SSSR count). The summed E-state index contributed by atoms with van der Waals surface area (Å²) in [5, 5.41) is 9.03. The molecule has 8 nitrogen and oxygen atoms in total. The highest BCUT2D eigenvalue weighted by atomic mass is 16.5. The van der Waals surface area contributed by atoms with Crippen LogP contribution in [0, 0.1) is 0 Å². The van der Waals surface area contributed by atoms with Gasteiger partial charge in [0, 0.05) is 17.3 Å². The molecule has 1 atom stereocenters. The second-order valence-corrected chi connectivity index (χ2v) is 9.83. The van der Waals surface area contributed by atoms with Gasteiger partial charge in [0.2, 0.25) is 0 Å². The number of para-hydroxylation sites is 1. The standard InChI is InChI=1S/C35H34N4O4/c1-3-22-41-31-16-14-28(15-17-31)34-29(24-39(38-34)30-12-8-5-9-13-30)23-36-37-35(40)26(2)43-33-20-18-32(19-21-33)42-25-27-10-6-4-7-11-27/h4-21,23-24,26H,3,22,25H2,1-2H3,(H,37,40)/b36-23-/t26-/m0/s1. The number of amides is 1. The summed E-state index contributed by atoms with van der Waals surface area (Å²) in [7, 11) is 0. The van der Waals surface area contributed by atoms with E-state index >= 15 is 0 Å². The van der Waals surface area contributed by atoms with Gasteiger partial charge in [0.15, 0.2) is 6.10 Å². The van der Waals surface area contributed by atoms with Crippen molar-refractivity contribution in [3.05, 3.63) is 127 Å². The van der Waals surface area contributed by atoms with E-state index in [0.717, 1.165) is 40.2 Å². The molecule has 218 valence electrons. The Morgan fingerprint density at radius 3 is 2.19 bits per heavy atom. The number of carbonyl (C=O) groups is 1. The fourth-order valence-electron chi connectivity index (χ4n) is 4.22. The Labute approximate surface area is 251 Å². The number of aromatic nitrogens is 2. The van der Waals surface area contributed by atoms with E-state index in [9.17, 15) is 4.79 Å². The minimum Gasteiger partial charge on any atom is -0.494 e. The highest BCUT2D eigenvalue weighted by Gasteiger charge is 2.15. The predicted octanol–water partition coefficient (Wildman–Crippen LogP) is 6.82. The van der Waals surface area contributed by atoms with E-state index in [1.165, 1.54) is 0 Å². The third-order valence-corrected chi connectivity index (χ3v) is 6.50. The van der Waals surface area contributed by atoms with E-state index in [1.807, 2.05) is 103 Å². The first-order chi connectivity index (χ1) is 21.1. The lowest BCUT2D eigenvalue weighted by atomic mass is 10.1. The Morgan fingerprint density at radius 2 is 1.49 bits per heavy atom. The number of hydrogen-bond acceptors (Lipinski definition) is 6. The van der Waals surface area contributed by atoms with E-state index in [-0.39, 0.29) is 5.91 Å². The third kappa shape index (κ3) is 8.10. The lowest BCUT2D eigenvalue weighted by Crippen LogP contribution is -2.33. The molecule has 43 heavy (non-hydrogen) atoms. The van der Waals surface area contributed by atoms with Crippen LogP contribution in [0.4, 0.5) is 0 Å². The predicted molar refractivity (Wildman–Crippen MR) is 168 cm³/mol. The molecule has 5 aromatic rings. The van der Waals surface area contributed by atoms with Gasteiger partial charge in [0.05, 0.1) is 18.5 Å². The number of nitrogens with one attached hydrogen (secondary N) is 1. The Kier molecular flexibility index (Phi) is 9.82. The molecule has 0 aliphatic carbocycles. The van der Waals surface area contributed by atoms with Crippen LogP contribution < -0.4 is 19.6 Å². The number of ether oxygens (including phenoxy) is 3. The Bertz CT molecular complexity index is 1620. The maximum absolute atomic E-state index is 12.8. The Morgan fingerprint density at radius 1 is 0.860 bits per heavy atom. The minimum absolute atomic E-state index is 0.380. The maximum Gasteiger partial charge on any atom is 0.280 e. The zero-order chi connectivity index (χ0) is 29.9. The number of rotatable bonds is 13. The van der Waals surface area contributed by atoms with Crippen molar-refractivity contribution in [3.8, 4) is 34.2 Å². The topological polar surface area (TPSA) is 87.0 Å². The van der Waals surface area contributed by atoms with Gasteiger partial charge in [-0.2, -0.15) is 10.2 Å².